The van der Waals surface area contributed by atoms with Gasteiger partial charge in [-0.05, 0) is 69.3 Å². The highest BCUT2D eigenvalue weighted by molar-refractivity contribution is 7.89. The molecular formula is C21H32N3O3S+. The van der Waals surface area contributed by atoms with Crippen LogP contribution in [-0.2, 0) is 14.8 Å². The number of aromatic nitrogens is 1. The summed E-state index contributed by atoms with van der Waals surface area (Å²) in [4.78, 5) is 3.52. The first-order chi connectivity index (χ1) is 13.4. The molecule has 6 rings (SSSR count). The second kappa shape index (κ2) is 6.96. The third-order valence-corrected chi connectivity index (χ3v) is 9.66. The molecule has 1 saturated heterocycles. The molecule has 0 spiro atoms. The van der Waals surface area contributed by atoms with E-state index in [2.05, 4.69) is 17.2 Å². The van der Waals surface area contributed by atoms with Crippen LogP contribution in [0.2, 0.25) is 0 Å². The van der Waals surface area contributed by atoms with Gasteiger partial charge in [0.05, 0.1) is 19.3 Å². The Morgan fingerprint density at radius 3 is 2.25 bits per heavy atom. The van der Waals surface area contributed by atoms with Gasteiger partial charge in [-0.15, -0.1) is 0 Å². The fourth-order valence-corrected chi connectivity index (χ4v) is 8.07. The highest BCUT2D eigenvalue weighted by Crippen LogP contribution is 2.61. The predicted octanol–water partition coefficient (Wildman–Crippen LogP) is 2.54. The molecule has 6 nitrogen and oxygen atoms in total. The van der Waals surface area contributed by atoms with Crippen LogP contribution in [0.4, 0.5) is 5.82 Å². The molecule has 7 heteroatoms. The van der Waals surface area contributed by atoms with E-state index < -0.39 is 10.0 Å². The Labute approximate surface area is 168 Å². The molecule has 0 radical (unpaired) electrons. The Hall–Kier alpha value is -1.18. The highest BCUT2D eigenvalue weighted by Gasteiger charge is 2.54. The van der Waals surface area contributed by atoms with Crippen molar-refractivity contribution in [2.45, 2.75) is 56.4 Å². The summed E-state index contributed by atoms with van der Waals surface area (Å²) in [6.07, 6.45) is 10.0. The number of hydrogen-bond donors (Lipinski definition) is 1. The number of morpholine rings is 1. The lowest BCUT2D eigenvalue weighted by atomic mass is 9.48. The maximum Gasteiger partial charge on any atom is 0.272 e. The van der Waals surface area contributed by atoms with Crippen LogP contribution >= 0.6 is 0 Å². The second-order valence-electron chi connectivity index (χ2n) is 9.60. The summed E-state index contributed by atoms with van der Waals surface area (Å²) >= 11 is 0. The number of pyridine rings is 1. The molecule has 0 aromatic carbocycles. The summed E-state index contributed by atoms with van der Waals surface area (Å²) in [6.45, 7) is 4.09. The third-order valence-electron chi connectivity index (χ3n) is 7.77. The first-order valence-electron chi connectivity index (χ1n) is 10.8. The summed E-state index contributed by atoms with van der Waals surface area (Å²) in [6, 6.07) is 4.00. The van der Waals surface area contributed by atoms with Gasteiger partial charge >= 0.3 is 0 Å². The summed E-state index contributed by atoms with van der Waals surface area (Å²) < 4.78 is 32.3. The van der Waals surface area contributed by atoms with Crippen molar-refractivity contribution in [3.8, 4) is 0 Å². The quantitative estimate of drug-likeness (QED) is 0.816. The topological polar surface area (TPSA) is 72.8 Å². The summed E-state index contributed by atoms with van der Waals surface area (Å²) in [5, 5.41) is 3.67. The molecule has 2 N–H and O–H groups in total. The van der Waals surface area contributed by atoms with Crippen LogP contribution in [0.25, 0.3) is 0 Å². The van der Waals surface area contributed by atoms with Gasteiger partial charge in [0.15, 0.2) is 0 Å². The normalized spacial score (nSPS) is 36.4. The van der Waals surface area contributed by atoms with Gasteiger partial charge in [0.25, 0.3) is 5.82 Å². The molecule has 5 aliphatic rings. The smallest absolute Gasteiger partial charge is 0.272 e. The molecule has 4 aliphatic carbocycles. The van der Waals surface area contributed by atoms with E-state index >= 15 is 0 Å². The number of aromatic amines is 1. The van der Waals surface area contributed by atoms with Crippen molar-refractivity contribution in [2.24, 2.45) is 23.2 Å². The Morgan fingerprint density at radius 1 is 1.11 bits per heavy atom. The highest BCUT2D eigenvalue weighted by atomic mass is 32.2. The molecule has 4 bridgehead atoms. The molecular weight excluding hydrogens is 374 g/mol. The number of hydrogen-bond acceptors (Lipinski definition) is 4. The molecule has 1 aromatic rings. The number of H-pyrrole nitrogens is 1. The first-order valence-corrected chi connectivity index (χ1v) is 12.2. The minimum absolute atomic E-state index is 0.322. The van der Waals surface area contributed by atoms with Gasteiger partial charge in [-0.25, -0.2) is 13.4 Å². The van der Waals surface area contributed by atoms with Gasteiger partial charge in [0, 0.05) is 24.6 Å². The number of rotatable bonds is 5. The standard InChI is InChI=1S/C21H31N3O3S/c1-15(21-11-16-8-17(12-21)10-18(9-16)13-21)23-20-3-2-19(14-22-20)28(25,26)24-4-6-27-7-5-24/h2-3,14-18H,4-13H2,1H3,(H,22,23)/p+1/t15-,16?,17?,18?,21?/m1/s1. The van der Waals surface area contributed by atoms with Crippen LogP contribution in [0.3, 0.4) is 0 Å². The average molecular weight is 407 g/mol. The minimum atomic E-state index is -3.45. The summed E-state index contributed by atoms with van der Waals surface area (Å²) in [7, 11) is -3.45. The lowest BCUT2D eigenvalue weighted by molar-refractivity contribution is -0.364. The van der Waals surface area contributed by atoms with Gasteiger partial charge in [-0.1, -0.05) is 0 Å². The molecule has 0 amide bonds. The van der Waals surface area contributed by atoms with Gasteiger partial charge in [0.2, 0.25) is 10.0 Å². The number of nitrogens with zero attached hydrogens (tertiary/aromatic N) is 1. The van der Waals surface area contributed by atoms with Crippen LogP contribution in [0.1, 0.15) is 45.4 Å². The molecule has 1 atom stereocenters. The second-order valence-corrected chi connectivity index (χ2v) is 11.5. The van der Waals surface area contributed by atoms with Crippen LogP contribution in [0.15, 0.2) is 23.2 Å². The Bertz CT molecular complexity index is 783. The largest absolute Gasteiger partial charge is 0.379 e. The molecule has 2 heterocycles. The predicted molar refractivity (Wildman–Crippen MR) is 106 cm³/mol. The third kappa shape index (κ3) is 3.25. The van der Waals surface area contributed by atoms with Crippen molar-refractivity contribution in [3.05, 3.63) is 18.3 Å². The number of sulfonamides is 1. The summed E-state index contributed by atoms with van der Waals surface area (Å²) in [5.74, 6) is 3.70. The Morgan fingerprint density at radius 2 is 1.71 bits per heavy atom. The van der Waals surface area contributed by atoms with E-state index in [1.807, 2.05) is 6.07 Å². The maximum absolute atomic E-state index is 12.8. The van der Waals surface area contributed by atoms with Crippen LogP contribution < -0.4 is 10.3 Å². The molecule has 0 unspecified atom stereocenters. The van der Waals surface area contributed by atoms with Crippen molar-refractivity contribution in [1.29, 1.82) is 0 Å². The number of anilines is 1. The molecule has 1 aromatic heterocycles. The lowest BCUT2D eigenvalue weighted by Gasteiger charge is -2.58. The first kappa shape index (κ1) is 18.8. The van der Waals surface area contributed by atoms with Crippen molar-refractivity contribution in [2.75, 3.05) is 31.6 Å². The van der Waals surface area contributed by atoms with E-state index in [0.29, 0.717) is 42.7 Å². The van der Waals surface area contributed by atoms with Crippen LogP contribution in [0, 0.1) is 23.2 Å². The van der Waals surface area contributed by atoms with E-state index in [1.54, 1.807) is 12.3 Å². The lowest BCUT2D eigenvalue weighted by Crippen LogP contribution is -2.53. The fourth-order valence-electron chi connectivity index (χ4n) is 6.69. The zero-order valence-corrected chi connectivity index (χ0v) is 17.5. The molecule has 28 heavy (non-hydrogen) atoms. The van der Waals surface area contributed by atoms with Gasteiger partial charge in [-0.2, -0.15) is 4.31 Å². The van der Waals surface area contributed by atoms with E-state index in [0.717, 1.165) is 23.6 Å². The van der Waals surface area contributed by atoms with Crippen molar-refractivity contribution in [1.82, 2.24) is 4.31 Å². The van der Waals surface area contributed by atoms with Crippen molar-refractivity contribution in [3.63, 3.8) is 0 Å². The van der Waals surface area contributed by atoms with Gasteiger partial charge < -0.3 is 4.74 Å². The maximum atomic E-state index is 12.8. The van der Waals surface area contributed by atoms with Crippen LogP contribution in [0.5, 0.6) is 0 Å². The molecule has 154 valence electrons. The summed E-state index contributed by atoms with van der Waals surface area (Å²) in [5.41, 5.74) is 0.418. The van der Waals surface area contributed by atoms with Crippen molar-refractivity contribution >= 4 is 15.8 Å². The van der Waals surface area contributed by atoms with Gasteiger partial charge in [0.1, 0.15) is 11.1 Å². The van der Waals surface area contributed by atoms with E-state index in [1.165, 1.54) is 42.8 Å². The average Bonchev–Trinajstić information content (AvgIpc) is 2.68. The van der Waals surface area contributed by atoms with Gasteiger partial charge in [-0.3, -0.25) is 5.32 Å². The van der Waals surface area contributed by atoms with Crippen LogP contribution in [-0.4, -0.2) is 45.1 Å². The number of ether oxygens (including phenoxy) is 1. The molecule has 5 fully saturated rings. The fraction of sp³-hybridized carbons (Fsp3) is 0.762. The number of nitrogens with one attached hydrogen (secondary N) is 2. The van der Waals surface area contributed by atoms with E-state index in [-0.39, 0.29) is 0 Å². The SMILES string of the molecule is C[C@@H](Nc1ccc(S(=O)(=O)N2CCOCC2)c[nH+]1)C12CC3CC(CC(C3)C1)C2. The Balaban J connectivity index is 1.29. The monoisotopic (exact) mass is 406 g/mol. The Kier molecular flexibility index (Phi) is 4.68. The van der Waals surface area contributed by atoms with E-state index in [9.17, 15) is 8.42 Å². The molecule has 4 saturated carbocycles. The van der Waals surface area contributed by atoms with E-state index in [4.69, 9.17) is 4.74 Å². The zero-order valence-electron chi connectivity index (χ0n) is 16.7. The minimum Gasteiger partial charge on any atom is -0.379 e. The van der Waals surface area contributed by atoms with Crippen molar-refractivity contribution < 1.29 is 18.1 Å². The zero-order chi connectivity index (χ0) is 19.4. The molecule has 1 aliphatic heterocycles.